The topological polar surface area (TPSA) is 59.8 Å². The second-order valence-electron chi connectivity index (χ2n) is 4.33. The average Bonchev–Trinajstić information content (AvgIpc) is 2.76. The first-order valence-electron chi connectivity index (χ1n) is 5.90. The zero-order valence-corrected chi connectivity index (χ0v) is 11.1. The predicted molar refractivity (Wildman–Crippen MR) is 64.7 cm³/mol. The van der Waals surface area contributed by atoms with Gasteiger partial charge < -0.3 is 5.32 Å². The minimum atomic E-state index is -4.64. The molecule has 0 saturated carbocycles. The standard InChI is InChI=1S/C12H9F5N4O/c1-6-4-8(12(15,16)17)20-21(6)5-9(22)19-10-7(13)2-3-18-11(10)14/h2-4H,5H2,1H3,(H,19,22). The Kier molecular flexibility index (Phi) is 4.11. The fourth-order valence-electron chi connectivity index (χ4n) is 1.65. The van der Waals surface area contributed by atoms with Crippen molar-refractivity contribution in [1.29, 1.82) is 0 Å². The molecule has 22 heavy (non-hydrogen) atoms. The van der Waals surface area contributed by atoms with Crippen molar-refractivity contribution in [2.75, 3.05) is 5.32 Å². The Balaban J connectivity index is 2.15. The molecule has 0 aliphatic heterocycles. The minimum absolute atomic E-state index is 0.0783. The molecule has 5 nitrogen and oxygen atoms in total. The van der Waals surface area contributed by atoms with Gasteiger partial charge in [-0.1, -0.05) is 0 Å². The first-order chi connectivity index (χ1) is 10.2. The predicted octanol–water partition coefficient (Wildman–Crippen LogP) is 2.52. The molecule has 0 aromatic carbocycles. The second-order valence-corrected chi connectivity index (χ2v) is 4.33. The van der Waals surface area contributed by atoms with Crippen LogP contribution in [0.25, 0.3) is 0 Å². The van der Waals surface area contributed by atoms with Crippen molar-refractivity contribution in [1.82, 2.24) is 14.8 Å². The summed E-state index contributed by atoms with van der Waals surface area (Å²) in [5.41, 5.74) is -1.85. The molecule has 10 heteroatoms. The van der Waals surface area contributed by atoms with E-state index in [-0.39, 0.29) is 5.69 Å². The summed E-state index contributed by atoms with van der Waals surface area (Å²) in [5.74, 6) is -3.22. The van der Waals surface area contributed by atoms with Crippen LogP contribution in [-0.4, -0.2) is 20.7 Å². The number of nitrogens with zero attached hydrogens (tertiary/aromatic N) is 3. The lowest BCUT2D eigenvalue weighted by atomic mass is 10.3. The van der Waals surface area contributed by atoms with Crippen LogP contribution >= 0.6 is 0 Å². The van der Waals surface area contributed by atoms with E-state index < -0.39 is 41.8 Å². The third kappa shape index (κ3) is 3.38. The average molecular weight is 320 g/mol. The lowest BCUT2D eigenvalue weighted by Crippen LogP contribution is -2.22. The molecular formula is C12H9F5N4O. The summed E-state index contributed by atoms with van der Waals surface area (Å²) in [7, 11) is 0. The normalized spacial score (nSPS) is 11.5. The van der Waals surface area contributed by atoms with Crippen molar-refractivity contribution in [2.45, 2.75) is 19.6 Å². The molecule has 0 unspecified atom stereocenters. The molecule has 0 saturated heterocycles. The monoisotopic (exact) mass is 320 g/mol. The summed E-state index contributed by atoms with van der Waals surface area (Å²) < 4.78 is 64.8. The Morgan fingerprint density at radius 3 is 2.59 bits per heavy atom. The van der Waals surface area contributed by atoms with E-state index in [1.165, 1.54) is 6.92 Å². The molecule has 0 atom stereocenters. The van der Waals surface area contributed by atoms with Crippen LogP contribution in [0, 0.1) is 18.7 Å². The summed E-state index contributed by atoms with van der Waals surface area (Å²) in [4.78, 5) is 14.8. The molecule has 2 aromatic rings. The van der Waals surface area contributed by atoms with Crippen molar-refractivity contribution in [3.63, 3.8) is 0 Å². The highest BCUT2D eigenvalue weighted by atomic mass is 19.4. The number of aromatic nitrogens is 3. The molecule has 2 rings (SSSR count). The summed E-state index contributed by atoms with van der Waals surface area (Å²) in [5, 5.41) is 5.14. The van der Waals surface area contributed by atoms with Crippen LogP contribution in [-0.2, 0) is 17.5 Å². The van der Waals surface area contributed by atoms with Crippen LogP contribution in [0.1, 0.15) is 11.4 Å². The number of carbonyl (C=O) groups is 1. The number of hydrogen-bond donors (Lipinski definition) is 1. The van der Waals surface area contributed by atoms with Crippen LogP contribution < -0.4 is 5.32 Å². The van der Waals surface area contributed by atoms with Crippen LogP contribution in [0.15, 0.2) is 18.3 Å². The second kappa shape index (κ2) is 5.70. The van der Waals surface area contributed by atoms with Crippen molar-refractivity contribution in [3.8, 4) is 0 Å². The van der Waals surface area contributed by atoms with Gasteiger partial charge in [0.15, 0.2) is 11.5 Å². The number of amides is 1. The van der Waals surface area contributed by atoms with E-state index in [4.69, 9.17) is 0 Å². The maximum Gasteiger partial charge on any atom is 0.435 e. The van der Waals surface area contributed by atoms with Crippen LogP contribution in [0.5, 0.6) is 0 Å². The van der Waals surface area contributed by atoms with Gasteiger partial charge in [0.05, 0.1) is 0 Å². The number of hydrogen-bond acceptors (Lipinski definition) is 3. The van der Waals surface area contributed by atoms with Gasteiger partial charge in [0.2, 0.25) is 11.9 Å². The number of aryl methyl sites for hydroxylation is 1. The van der Waals surface area contributed by atoms with Gasteiger partial charge in [-0.25, -0.2) is 9.37 Å². The highest BCUT2D eigenvalue weighted by Gasteiger charge is 2.34. The highest BCUT2D eigenvalue weighted by molar-refractivity contribution is 5.90. The molecule has 1 N–H and O–H groups in total. The van der Waals surface area contributed by atoms with Gasteiger partial charge in [-0.15, -0.1) is 0 Å². The smallest absolute Gasteiger partial charge is 0.318 e. The summed E-state index contributed by atoms with van der Waals surface area (Å²) >= 11 is 0. The van der Waals surface area contributed by atoms with E-state index in [1.54, 1.807) is 0 Å². The molecule has 0 radical (unpaired) electrons. The fourth-order valence-corrected chi connectivity index (χ4v) is 1.65. The van der Waals surface area contributed by atoms with Gasteiger partial charge in [-0.2, -0.15) is 22.7 Å². The van der Waals surface area contributed by atoms with E-state index in [0.29, 0.717) is 0 Å². The maximum atomic E-state index is 13.3. The van der Waals surface area contributed by atoms with E-state index in [9.17, 15) is 26.7 Å². The van der Waals surface area contributed by atoms with Gasteiger partial charge in [-0.3, -0.25) is 9.48 Å². The van der Waals surface area contributed by atoms with Crippen molar-refractivity contribution < 1.29 is 26.7 Å². The Morgan fingerprint density at radius 2 is 2.05 bits per heavy atom. The van der Waals surface area contributed by atoms with Crippen molar-refractivity contribution >= 4 is 11.6 Å². The number of anilines is 1. The van der Waals surface area contributed by atoms with E-state index in [0.717, 1.165) is 23.0 Å². The molecule has 118 valence electrons. The SMILES string of the molecule is Cc1cc(C(F)(F)F)nn1CC(=O)Nc1c(F)ccnc1F. The molecular weight excluding hydrogens is 311 g/mol. The number of halogens is 5. The Hall–Kier alpha value is -2.52. The lowest BCUT2D eigenvalue weighted by molar-refractivity contribution is -0.141. The molecule has 0 aliphatic carbocycles. The highest BCUT2D eigenvalue weighted by Crippen LogP contribution is 2.28. The number of rotatable bonds is 3. The van der Waals surface area contributed by atoms with Crippen LogP contribution in [0.4, 0.5) is 27.6 Å². The van der Waals surface area contributed by atoms with Crippen molar-refractivity contribution in [2.24, 2.45) is 0 Å². The molecule has 2 heterocycles. The number of pyridine rings is 1. The zero-order chi connectivity index (χ0) is 16.5. The molecule has 0 aliphatic rings. The molecule has 0 spiro atoms. The summed E-state index contributed by atoms with van der Waals surface area (Å²) in [6.07, 6.45) is -3.78. The van der Waals surface area contributed by atoms with E-state index >= 15 is 0 Å². The summed E-state index contributed by atoms with van der Waals surface area (Å²) in [6.45, 7) is 0.691. The van der Waals surface area contributed by atoms with Crippen LogP contribution in [0.3, 0.4) is 0 Å². The first-order valence-corrected chi connectivity index (χ1v) is 5.90. The van der Waals surface area contributed by atoms with E-state index in [1.807, 2.05) is 5.32 Å². The quantitative estimate of drug-likeness (QED) is 0.698. The zero-order valence-electron chi connectivity index (χ0n) is 11.1. The number of alkyl halides is 3. The summed E-state index contributed by atoms with van der Waals surface area (Å²) in [6, 6.07) is 1.60. The number of nitrogens with one attached hydrogen (secondary N) is 1. The van der Waals surface area contributed by atoms with Gasteiger partial charge in [0.25, 0.3) is 0 Å². The van der Waals surface area contributed by atoms with Crippen LogP contribution in [0.2, 0.25) is 0 Å². The lowest BCUT2D eigenvalue weighted by Gasteiger charge is -2.08. The van der Waals surface area contributed by atoms with Gasteiger partial charge in [0, 0.05) is 11.9 Å². The van der Waals surface area contributed by atoms with E-state index in [2.05, 4.69) is 10.1 Å². The third-order valence-electron chi connectivity index (χ3n) is 2.68. The Labute approximate surface area is 120 Å². The van der Waals surface area contributed by atoms with Gasteiger partial charge in [0.1, 0.15) is 12.2 Å². The Morgan fingerprint density at radius 1 is 1.36 bits per heavy atom. The first kappa shape index (κ1) is 15.9. The molecule has 0 fully saturated rings. The number of carbonyl (C=O) groups excluding carboxylic acids is 1. The molecule has 0 bridgehead atoms. The minimum Gasteiger partial charge on any atom is -0.318 e. The molecule has 1 amide bonds. The Bertz CT molecular complexity index is 690. The molecule has 2 aromatic heterocycles. The fraction of sp³-hybridized carbons (Fsp3) is 0.250. The van der Waals surface area contributed by atoms with Crippen molar-refractivity contribution in [3.05, 3.63) is 41.5 Å². The van der Waals surface area contributed by atoms with Gasteiger partial charge >= 0.3 is 6.18 Å². The maximum absolute atomic E-state index is 13.3. The van der Waals surface area contributed by atoms with Gasteiger partial charge in [-0.05, 0) is 19.1 Å². The largest absolute Gasteiger partial charge is 0.435 e. The third-order valence-corrected chi connectivity index (χ3v) is 2.68.